The van der Waals surface area contributed by atoms with Gasteiger partial charge in [0.15, 0.2) is 0 Å². The van der Waals surface area contributed by atoms with E-state index in [1.165, 1.54) is 0 Å². The third kappa shape index (κ3) is 2.55. The number of hydrogen-bond acceptors (Lipinski definition) is 3. The summed E-state index contributed by atoms with van der Waals surface area (Å²) in [5.41, 5.74) is 0.194. The van der Waals surface area contributed by atoms with Gasteiger partial charge in [0.25, 0.3) is 12.0 Å². The van der Waals surface area contributed by atoms with Gasteiger partial charge in [-0.2, -0.15) is 0 Å². The van der Waals surface area contributed by atoms with Crippen molar-refractivity contribution in [3.05, 3.63) is 40.4 Å². The minimum atomic E-state index is -2.57. The maximum absolute atomic E-state index is 12.9. The Morgan fingerprint density at radius 3 is 2.81 bits per heavy atom. The van der Waals surface area contributed by atoms with Crippen LogP contribution in [-0.4, -0.2) is 34.5 Å². The maximum Gasteiger partial charge on any atom is 0.261 e. The minimum absolute atomic E-state index is 0.0685. The lowest BCUT2D eigenvalue weighted by molar-refractivity contribution is 0.121. The van der Waals surface area contributed by atoms with Gasteiger partial charge < -0.3 is 0 Å². The fourth-order valence-electron chi connectivity index (χ4n) is 2.99. The van der Waals surface area contributed by atoms with Gasteiger partial charge >= 0.3 is 0 Å². The molecule has 1 atom stereocenters. The third-order valence-corrected chi connectivity index (χ3v) is 4.03. The van der Waals surface area contributed by atoms with Crippen LogP contribution >= 0.6 is 0 Å². The van der Waals surface area contributed by atoms with Crippen molar-refractivity contribution in [1.82, 2.24) is 14.5 Å². The predicted molar refractivity (Wildman–Crippen MR) is 76.6 cm³/mol. The van der Waals surface area contributed by atoms with Crippen LogP contribution < -0.4 is 5.56 Å². The SMILES string of the molecule is CN1CCCC1c1nc2ccccc2c(=O)n1CC(F)F. The van der Waals surface area contributed by atoms with Crippen LogP contribution in [0.5, 0.6) is 0 Å². The zero-order chi connectivity index (χ0) is 15.0. The van der Waals surface area contributed by atoms with Crippen LogP contribution in [0.4, 0.5) is 8.78 Å². The molecule has 4 nitrogen and oxygen atoms in total. The molecule has 2 heterocycles. The summed E-state index contributed by atoms with van der Waals surface area (Å²) in [6, 6.07) is 6.84. The lowest BCUT2D eigenvalue weighted by atomic mass is 10.1. The molecule has 0 radical (unpaired) electrons. The average molecular weight is 293 g/mol. The Hall–Kier alpha value is -1.82. The molecule has 112 valence electrons. The number of alkyl halides is 2. The standard InChI is InChI=1S/C15H17F2N3O/c1-19-8-4-7-12(19)14-18-11-6-3-2-5-10(11)15(21)20(14)9-13(16)17/h2-3,5-6,12-13H,4,7-9H2,1H3. The molecule has 0 spiro atoms. The Morgan fingerprint density at radius 1 is 1.38 bits per heavy atom. The Balaban J connectivity index is 2.22. The highest BCUT2D eigenvalue weighted by molar-refractivity contribution is 5.77. The number of hydrogen-bond donors (Lipinski definition) is 0. The highest BCUT2D eigenvalue weighted by Gasteiger charge is 2.28. The topological polar surface area (TPSA) is 38.1 Å². The van der Waals surface area contributed by atoms with Crippen molar-refractivity contribution in [2.24, 2.45) is 0 Å². The molecule has 0 bridgehead atoms. The van der Waals surface area contributed by atoms with Gasteiger partial charge in [-0.05, 0) is 38.6 Å². The summed E-state index contributed by atoms with van der Waals surface area (Å²) >= 11 is 0. The van der Waals surface area contributed by atoms with Crippen molar-refractivity contribution in [3.63, 3.8) is 0 Å². The molecule has 1 aromatic carbocycles. The first-order valence-electron chi connectivity index (χ1n) is 7.06. The first kappa shape index (κ1) is 14.1. The quantitative estimate of drug-likeness (QED) is 0.872. The number of halogens is 2. The summed E-state index contributed by atoms with van der Waals surface area (Å²) in [7, 11) is 1.94. The molecular formula is C15H17F2N3O. The number of aromatic nitrogens is 2. The lowest BCUT2D eigenvalue weighted by Gasteiger charge is -2.23. The molecule has 0 N–H and O–H groups in total. The molecular weight excluding hydrogens is 276 g/mol. The zero-order valence-corrected chi connectivity index (χ0v) is 11.8. The van der Waals surface area contributed by atoms with Crippen LogP contribution in [0.3, 0.4) is 0 Å². The Bertz CT molecular complexity index is 714. The molecule has 1 aromatic heterocycles. The van der Waals surface area contributed by atoms with E-state index in [1.807, 2.05) is 7.05 Å². The Kier molecular flexibility index (Phi) is 3.71. The van der Waals surface area contributed by atoms with Crippen molar-refractivity contribution in [1.29, 1.82) is 0 Å². The van der Waals surface area contributed by atoms with Crippen molar-refractivity contribution in [3.8, 4) is 0 Å². The molecule has 0 amide bonds. The summed E-state index contributed by atoms with van der Waals surface area (Å²) in [6.45, 7) is 0.290. The van der Waals surface area contributed by atoms with Crippen LogP contribution in [0.1, 0.15) is 24.7 Å². The predicted octanol–water partition coefficient (Wildman–Crippen LogP) is 2.43. The molecule has 3 rings (SSSR count). The van der Waals surface area contributed by atoms with Crippen LogP contribution in [0.15, 0.2) is 29.1 Å². The van der Waals surface area contributed by atoms with Gasteiger partial charge in [-0.15, -0.1) is 0 Å². The first-order valence-corrected chi connectivity index (χ1v) is 7.06. The third-order valence-electron chi connectivity index (χ3n) is 4.03. The second-order valence-corrected chi connectivity index (χ2v) is 5.43. The monoisotopic (exact) mass is 293 g/mol. The van der Waals surface area contributed by atoms with Crippen LogP contribution in [0.2, 0.25) is 0 Å². The zero-order valence-electron chi connectivity index (χ0n) is 11.8. The van der Waals surface area contributed by atoms with Crippen molar-refractivity contribution < 1.29 is 8.78 Å². The normalized spacial score (nSPS) is 19.7. The fraction of sp³-hybridized carbons (Fsp3) is 0.467. The van der Waals surface area contributed by atoms with Gasteiger partial charge in [0.05, 0.1) is 23.5 Å². The second-order valence-electron chi connectivity index (χ2n) is 5.43. The Morgan fingerprint density at radius 2 is 2.14 bits per heavy atom. The van der Waals surface area contributed by atoms with E-state index < -0.39 is 13.0 Å². The highest BCUT2D eigenvalue weighted by Crippen LogP contribution is 2.29. The molecule has 6 heteroatoms. The largest absolute Gasteiger partial charge is 0.297 e. The van der Waals surface area contributed by atoms with Gasteiger partial charge in [0, 0.05) is 0 Å². The molecule has 21 heavy (non-hydrogen) atoms. The van der Waals surface area contributed by atoms with Crippen molar-refractivity contribution in [2.45, 2.75) is 31.9 Å². The summed E-state index contributed by atoms with van der Waals surface area (Å²) < 4.78 is 26.9. The summed E-state index contributed by atoms with van der Waals surface area (Å²) in [5, 5.41) is 0.391. The number of benzene rings is 1. The molecule has 1 saturated heterocycles. The number of rotatable bonds is 3. The van der Waals surface area contributed by atoms with Gasteiger partial charge in [0.1, 0.15) is 5.82 Å². The molecule has 0 aliphatic carbocycles. The highest BCUT2D eigenvalue weighted by atomic mass is 19.3. The van der Waals surface area contributed by atoms with Gasteiger partial charge in [-0.1, -0.05) is 12.1 Å². The Labute approximate surface area is 121 Å². The smallest absolute Gasteiger partial charge is 0.261 e. The minimum Gasteiger partial charge on any atom is -0.297 e. The van der Waals surface area contributed by atoms with Gasteiger partial charge in [-0.3, -0.25) is 14.3 Å². The maximum atomic E-state index is 12.9. The number of para-hydroxylation sites is 1. The van der Waals surface area contributed by atoms with E-state index in [0.29, 0.717) is 16.7 Å². The average Bonchev–Trinajstić information content (AvgIpc) is 2.87. The van der Waals surface area contributed by atoms with E-state index >= 15 is 0 Å². The van der Waals surface area contributed by atoms with E-state index in [1.54, 1.807) is 24.3 Å². The second kappa shape index (κ2) is 5.52. The molecule has 1 aliphatic rings. The van der Waals surface area contributed by atoms with Crippen LogP contribution in [0.25, 0.3) is 10.9 Å². The summed E-state index contributed by atoms with van der Waals surface area (Å²) in [5.74, 6) is 0.457. The van der Waals surface area contributed by atoms with Crippen molar-refractivity contribution >= 4 is 10.9 Å². The molecule has 1 aliphatic heterocycles. The van der Waals surface area contributed by atoms with Gasteiger partial charge in [0.2, 0.25) is 0 Å². The van der Waals surface area contributed by atoms with Crippen molar-refractivity contribution in [2.75, 3.05) is 13.6 Å². The van der Waals surface area contributed by atoms with Gasteiger partial charge in [-0.25, -0.2) is 13.8 Å². The lowest BCUT2D eigenvalue weighted by Crippen LogP contribution is -2.32. The molecule has 2 aromatic rings. The van der Waals surface area contributed by atoms with Crippen LogP contribution in [-0.2, 0) is 6.54 Å². The molecule has 1 fully saturated rings. The molecule has 0 saturated carbocycles. The molecule has 1 unspecified atom stereocenters. The summed E-state index contributed by atoms with van der Waals surface area (Å²) in [6.07, 6.45) is -0.751. The van der Waals surface area contributed by atoms with E-state index in [-0.39, 0.29) is 11.6 Å². The first-order chi connectivity index (χ1) is 10.1. The van der Waals surface area contributed by atoms with E-state index in [0.717, 1.165) is 24.0 Å². The van der Waals surface area contributed by atoms with E-state index in [9.17, 15) is 13.6 Å². The van der Waals surface area contributed by atoms with E-state index in [2.05, 4.69) is 9.88 Å². The van der Waals surface area contributed by atoms with E-state index in [4.69, 9.17) is 0 Å². The number of fused-ring (bicyclic) bond motifs is 1. The fourth-order valence-corrected chi connectivity index (χ4v) is 2.99. The summed E-state index contributed by atoms with van der Waals surface area (Å²) in [4.78, 5) is 19.1. The van der Waals surface area contributed by atoms with Crippen LogP contribution in [0, 0.1) is 0 Å². The number of nitrogens with zero attached hydrogens (tertiary/aromatic N) is 3. The number of likely N-dealkylation sites (tertiary alicyclic amines) is 1.